The molecule has 0 aliphatic rings. The Bertz CT molecular complexity index is 512. The largest absolute Gasteiger partial charge is 0.383 e. The van der Waals surface area contributed by atoms with Crippen LogP contribution in [0.4, 0.5) is 5.69 Å². The third-order valence-electron chi connectivity index (χ3n) is 2.38. The number of rotatable bonds is 7. The molecule has 0 heterocycles. The second kappa shape index (κ2) is 6.39. The van der Waals surface area contributed by atoms with Crippen molar-refractivity contribution < 1.29 is 13.2 Å². The highest BCUT2D eigenvalue weighted by Crippen LogP contribution is 2.22. The fourth-order valence-electron chi connectivity index (χ4n) is 1.58. The van der Waals surface area contributed by atoms with Crippen molar-refractivity contribution in [3.63, 3.8) is 0 Å². The summed E-state index contributed by atoms with van der Waals surface area (Å²) in [6, 6.07) is 6.68. The van der Waals surface area contributed by atoms with E-state index in [4.69, 9.17) is 5.73 Å². The summed E-state index contributed by atoms with van der Waals surface area (Å²) in [6.07, 6.45) is 0.736. The Morgan fingerprint density at radius 2 is 2.00 bits per heavy atom. The zero-order valence-electron chi connectivity index (χ0n) is 10.3. The number of para-hydroxylation sites is 1. The lowest BCUT2D eigenvalue weighted by Gasteiger charge is -2.11. The number of sulfone groups is 1. The van der Waals surface area contributed by atoms with E-state index in [2.05, 4.69) is 5.32 Å². The van der Waals surface area contributed by atoms with Crippen LogP contribution >= 0.6 is 0 Å². The summed E-state index contributed by atoms with van der Waals surface area (Å²) in [5, 5.41) is 2.93. The fraction of sp³-hybridized carbons (Fsp3) is 0.417. The minimum Gasteiger partial charge on any atom is -0.383 e. The first kappa shape index (κ1) is 14.5. The third kappa shape index (κ3) is 4.03. The molecule has 0 unspecified atom stereocenters. The molecule has 0 aliphatic carbocycles. The standard InChI is InChI=1S/C12H18N2O3S/c1-2-9-18(16,17)11-6-4-3-5-10(11)14-8-7-12(13)15/h3-6,14H,2,7-9H2,1H3,(H2,13,15). The van der Waals surface area contributed by atoms with Crippen molar-refractivity contribution in [1.29, 1.82) is 0 Å². The maximum Gasteiger partial charge on any atom is 0.219 e. The van der Waals surface area contributed by atoms with Gasteiger partial charge in [0.05, 0.1) is 16.3 Å². The fourth-order valence-corrected chi connectivity index (χ4v) is 3.10. The number of anilines is 1. The molecule has 1 aromatic rings. The molecule has 0 bridgehead atoms. The molecule has 0 atom stereocenters. The number of benzene rings is 1. The summed E-state index contributed by atoms with van der Waals surface area (Å²) in [6.45, 7) is 2.15. The Kier molecular flexibility index (Phi) is 5.15. The molecule has 0 aromatic heterocycles. The average Bonchev–Trinajstić information content (AvgIpc) is 2.29. The van der Waals surface area contributed by atoms with Gasteiger partial charge in [0.25, 0.3) is 0 Å². The SMILES string of the molecule is CCCS(=O)(=O)c1ccccc1NCCC(N)=O. The van der Waals surface area contributed by atoms with Crippen LogP contribution in [0.3, 0.4) is 0 Å². The number of nitrogens with one attached hydrogen (secondary N) is 1. The summed E-state index contributed by atoms with van der Waals surface area (Å²) in [5.74, 6) is -0.307. The van der Waals surface area contributed by atoms with Crippen LogP contribution in [0.15, 0.2) is 29.2 Å². The van der Waals surface area contributed by atoms with Gasteiger partial charge in [-0.05, 0) is 18.6 Å². The predicted molar refractivity (Wildman–Crippen MR) is 71.1 cm³/mol. The van der Waals surface area contributed by atoms with Gasteiger partial charge in [-0.1, -0.05) is 19.1 Å². The van der Waals surface area contributed by atoms with Gasteiger partial charge in [0, 0.05) is 13.0 Å². The molecule has 0 saturated heterocycles. The van der Waals surface area contributed by atoms with Gasteiger partial charge < -0.3 is 11.1 Å². The Morgan fingerprint density at radius 3 is 2.61 bits per heavy atom. The van der Waals surface area contributed by atoms with E-state index in [-0.39, 0.29) is 17.1 Å². The van der Waals surface area contributed by atoms with E-state index in [9.17, 15) is 13.2 Å². The number of carbonyl (C=O) groups excluding carboxylic acids is 1. The first-order valence-electron chi connectivity index (χ1n) is 5.81. The maximum atomic E-state index is 12.0. The molecule has 6 heteroatoms. The van der Waals surface area contributed by atoms with Gasteiger partial charge in [-0.2, -0.15) is 0 Å². The Balaban J connectivity index is 2.89. The molecule has 0 fully saturated rings. The maximum absolute atomic E-state index is 12.0. The minimum absolute atomic E-state index is 0.113. The quantitative estimate of drug-likeness (QED) is 0.778. The summed E-state index contributed by atoms with van der Waals surface area (Å²) in [5.41, 5.74) is 5.55. The van der Waals surface area contributed by atoms with Crippen LogP contribution in [0, 0.1) is 0 Å². The smallest absolute Gasteiger partial charge is 0.219 e. The van der Waals surface area contributed by atoms with Gasteiger partial charge in [-0.3, -0.25) is 4.79 Å². The van der Waals surface area contributed by atoms with E-state index < -0.39 is 15.7 Å². The van der Waals surface area contributed by atoms with Gasteiger partial charge >= 0.3 is 0 Å². The number of primary amides is 1. The predicted octanol–water partition coefficient (Wildman–Crippen LogP) is 1.16. The van der Waals surface area contributed by atoms with Crippen molar-refractivity contribution >= 4 is 21.4 Å². The van der Waals surface area contributed by atoms with Crippen LogP contribution < -0.4 is 11.1 Å². The Hall–Kier alpha value is -1.56. The average molecular weight is 270 g/mol. The highest BCUT2D eigenvalue weighted by molar-refractivity contribution is 7.91. The zero-order valence-corrected chi connectivity index (χ0v) is 11.2. The lowest BCUT2D eigenvalue weighted by Crippen LogP contribution is -2.17. The van der Waals surface area contributed by atoms with Gasteiger partial charge in [0.2, 0.25) is 5.91 Å². The monoisotopic (exact) mass is 270 g/mol. The molecule has 1 amide bonds. The molecule has 0 saturated carbocycles. The van der Waals surface area contributed by atoms with E-state index >= 15 is 0 Å². The normalized spacial score (nSPS) is 11.2. The zero-order chi connectivity index (χ0) is 13.6. The van der Waals surface area contributed by atoms with E-state index in [0.717, 1.165) is 0 Å². The first-order chi connectivity index (χ1) is 8.47. The second-order valence-electron chi connectivity index (χ2n) is 3.96. The molecule has 18 heavy (non-hydrogen) atoms. The summed E-state index contributed by atoms with van der Waals surface area (Å²) < 4.78 is 24.0. The Morgan fingerprint density at radius 1 is 1.33 bits per heavy atom. The van der Waals surface area contributed by atoms with Gasteiger partial charge in [-0.15, -0.1) is 0 Å². The summed E-state index contributed by atoms with van der Waals surface area (Å²) in [7, 11) is -3.27. The molecule has 5 nitrogen and oxygen atoms in total. The van der Waals surface area contributed by atoms with E-state index in [0.29, 0.717) is 18.7 Å². The van der Waals surface area contributed by atoms with Crippen molar-refractivity contribution in [2.75, 3.05) is 17.6 Å². The molecule has 3 N–H and O–H groups in total. The van der Waals surface area contributed by atoms with Gasteiger partial charge in [0.1, 0.15) is 0 Å². The summed E-state index contributed by atoms with van der Waals surface area (Å²) >= 11 is 0. The summed E-state index contributed by atoms with van der Waals surface area (Å²) in [4.78, 5) is 10.9. The van der Waals surface area contributed by atoms with Crippen molar-refractivity contribution in [3.05, 3.63) is 24.3 Å². The molecule has 0 aliphatic heterocycles. The first-order valence-corrected chi connectivity index (χ1v) is 7.46. The molecule has 1 rings (SSSR count). The van der Waals surface area contributed by atoms with Crippen LogP contribution in [0.1, 0.15) is 19.8 Å². The van der Waals surface area contributed by atoms with E-state index in [1.807, 2.05) is 6.92 Å². The van der Waals surface area contributed by atoms with Crippen LogP contribution in [0.5, 0.6) is 0 Å². The van der Waals surface area contributed by atoms with Crippen LogP contribution in [0.25, 0.3) is 0 Å². The molecular weight excluding hydrogens is 252 g/mol. The minimum atomic E-state index is -3.27. The van der Waals surface area contributed by atoms with Gasteiger partial charge in [-0.25, -0.2) is 8.42 Å². The highest BCUT2D eigenvalue weighted by Gasteiger charge is 2.16. The molecule has 100 valence electrons. The number of nitrogens with two attached hydrogens (primary N) is 1. The van der Waals surface area contributed by atoms with Crippen LogP contribution in [-0.4, -0.2) is 26.6 Å². The Labute approximate surface area is 107 Å². The van der Waals surface area contributed by atoms with Crippen molar-refractivity contribution in [2.24, 2.45) is 5.73 Å². The van der Waals surface area contributed by atoms with Crippen molar-refractivity contribution in [3.8, 4) is 0 Å². The van der Waals surface area contributed by atoms with Crippen molar-refractivity contribution in [2.45, 2.75) is 24.7 Å². The van der Waals surface area contributed by atoms with Crippen LogP contribution in [0.2, 0.25) is 0 Å². The van der Waals surface area contributed by atoms with E-state index in [1.54, 1.807) is 24.3 Å². The lowest BCUT2D eigenvalue weighted by molar-refractivity contribution is -0.117. The molecule has 0 radical (unpaired) electrons. The van der Waals surface area contributed by atoms with Crippen molar-refractivity contribution in [1.82, 2.24) is 0 Å². The number of hydrogen-bond donors (Lipinski definition) is 2. The number of hydrogen-bond acceptors (Lipinski definition) is 4. The van der Waals surface area contributed by atoms with Gasteiger partial charge in [0.15, 0.2) is 9.84 Å². The molecule has 1 aromatic carbocycles. The molecule has 0 spiro atoms. The van der Waals surface area contributed by atoms with E-state index in [1.165, 1.54) is 0 Å². The third-order valence-corrected chi connectivity index (χ3v) is 4.35. The number of carbonyl (C=O) groups is 1. The second-order valence-corrected chi connectivity index (χ2v) is 6.04. The number of amides is 1. The lowest BCUT2D eigenvalue weighted by atomic mass is 10.3. The molecular formula is C12H18N2O3S. The van der Waals surface area contributed by atoms with Crippen LogP contribution in [-0.2, 0) is 14.6 Å². The topological polar surface area (TPSA) is 89.3 Å². The highest BCUT2D eigenvalue weighted by atomic mass is 32.2.